The molecule has 5 rings (SSSR count). The number of hydrogen-bond donors (Lipinski definition) is 1. The second kappa shape index (κ2) is 11.0. The summed E-state index contributed by atoms with van der Waals surface area (Å²) in [6, 6.07) is 24.1. The molecule has 0 unspecified atom stereocenters. The van der Waals surface area contributed by atoms with Gasteiger partial charge in [-0.05, 0) is 60.6 Å². The molecule has 1 fully saturated rings. The van der Waals surface area contributed by atoms with Gasteiger partial charge in [-0.1, -0.05) is 98.6 Å². The lowest BCUT2D eigenvalue weighted by atomic mass is 9.78. The van der Waals surface area contributed by atoms with Crippen molar-refractivity contribution in [2.24, 2.45) is 11.8 Å². The van der Waals surface area contributed by atoms with Gasteiger partial charge in [-0.3, -0.25) is 9.59 Å². The van der Waals surface area contributed by atoms with Crippen LogP contribution in [0.3, 0.4) is 0 Å². The standard InChI is InChI=1S/C32H34N2O2S/c1-21-9-7-13-25(17-21)20-34-28-19-26(31(35)33-27-14-8-10-22(2)23(27)3)15-16-29(28)37-30(32(34)36)18-24-11-5-4-6-12-24/h4-7,9,11-13,15-19,22-23,27H,8,10,14,20H2,1-3H3,(H,33,35)/b30-18-/t22-,23-,27-/m1/s1. The van der Waals surface area contributed by atoms with Crippen molar-refractivity contribution in [1.29, 1.82) is 0 Å². The van der Waals surface area contributed by atoms with Gasteiger partial charge in [-0.15, -0.1) is 0 Å². The van der Waals surface area contributed by atoms with Gasteiger partial charge in [-0.2, -0.15) is 0 Å². The van der Waals surface area contributed by atoms with Gasteiger partial charge in [0.1, 0.15) is 0 Å². The average molecular weight is 511 g/mol. The molecule has 3 aromatic rings. The number of thioether (sulfide) groups is 1. The Hall–Kier alpha value is -3.31. The van der Waals surface area contributed by atoms with E-state index in [1.54, 1.807) is 0 Å². The summed E-state index contributed by atoms with van der Waals surface area (Å²) in [5, 5.41) is 3.29. The molecular weight excluding hydrogens is 476 g/mol. The zero-order valence-corrected chi connectivity index (χ0v) is 22.6. The van der Waals surface area contributed by atoms with Crippen molar-refractivity contribution in [3.05, 3.63) is 100.0 Å². The van der Waals surface area contributed by atoms with E-state index in [9.17, 15) is 9.59 Å². The third kappa shape index (κ3) is 5.67. The minimum atomic E-state index is -0.0627. The Bertz CT molecular complexity index is 1330. The summed E-state index contributed by atoms with van der Waals surface area (Å²) in [6.07, 6.45) is 5.33. The highest BCUT2D eigenvalue weighted by atomic mass is 32.2. The van der Waals surface area contributed by atoms with Gasteiger partial charge in [-0.25, -0.2) is 0 Å². The summed E-state index contributed by atoms with van der Waals surface area (Å²) in [5.74, 6) is 0.953. The van der Waals surface area contributed by atoms with Gasteiger partial charge >= 0.3 is 0 Å². The molecule has 0 aromatic heterocycles. The Morgan fingerprint density at radius 1 is 1.03 bits per heavy atom. The lowest BCUT2D eigenvalue weighted by molar-refractivity contribution is -0.114. The van der Waals surface area contributed by atoms with E-state index >= 15 is 0 Å². The van der Waals surface area contributed by atoms with Gasteiger partial charge in [0.25, 0.3) is 11.8 Å². The number of rotatable bonds is 5. The molecule has 1 saturated carbocycles. The van der Waals surface area contributed by atoms with Crippen LogP contribution in [0.5, 0.6) is 0 Å². The van der Waals surface area contributed by atoms with Gasteiger partial charge in [0.15, 0.2) is 0 Å². The number of hydrogen-bond acceptors (Lipinski definition) is 3. The molecule has 2 amide bonds. The minimum absolute atomic E-state index is 0.0462. The molecule has 0 saturated heterocycles. The van der Waals surface area contributed by atoms with E-state index in [1.165, 1.54) is 18.2 Å². The largest absolute Gasteiger partial charge is 0.349 e. The summed E-state index contributed by atoms with van der Waals surface area (Å²) in [4.78, 5) is 30.6. The third-order valence-electron chi connectivity index (χ3n) is 7.73. The number of aryl methyl sites for hydroxylation is 1. The molecule has 1 N–H and O–H groups in total. The van der Waals surface area contributed by atoms with Crippen molar-refractivity contribution < 1.29 is 9.59 Å². The number of nitrogens with zero attached hydrogens (tertiary/aromatic N) is 1. The van der Waals surface area contributed by atoms with Crippen molar-refractivity contribution in [2.75, 3.05) is 4.90 Å². The van der Waals surface area contributed by atoms with Crippen LogP contribution in [0.25, 0.3) is 6.08 Å². The predicted molar refractivity (Wildman–Crippen MR) is 153 cm³/mol. The Labute approximate surface area is 224 Å². The van der Waals surface area contributed by atoms with Crippen molar-refractivity contribution in [2.45, 2.75) is 57.5 Å². The normalized spacial score (nSPS) is 22.6. The van der Waals surface area contributed by atoms with Crippen molar-refractivity contribution in [3.63, 3.8) is 0 Å². The third-order valence-corrected chi connectivity index (χ3v) is 8.81. The second-order valence-corrected chi connectivity index (χ2v) is 11.5. The van der Waals surface area contributed by atoms with Crippen LogP contribution in [-0.4, -0.2) is 17.9 Å². The number of benzene rings is 3. The number of anilines is 1. The maximum atomic E-state index is 13.8. The molecule has 5 heteroatoms. The molecule has 3 aromatic carbocycles. The molecule has 190 valence electrons. The van der Waals surface area contributed by atoms with Crippen LogP contribution in [0.1, 0.15) is 60.2 Å². The van der Waals surface area contributed by atoms with E-state index in [-0.39, 0.29) is 17.9 Å². The Balaban J connectivity index is 1.48. The Kier molecular flexibility index (Phi) is 7.52. The summed E-state index contributed by atoms with van der Waals surface area (Å²) in [7, 11) is 0. The van der Waals surface area contributed by atoms with Crippen molar-refractivity contribution in [3.8, 4) is 0 Å². The molecular formula is C32H34N2O2S. The molecule has 2 aliphatic rings. The van der Waals surface area contributed by atoms with Crippen LogP contribution in [0.2, 0.25) is 0 Å². The summed E-state index contributed by atoms with van der Waals surface area (Å²) < 4.78 is 0. The fourth-order valence-electron chi connectivity index (χ4n) is 5.34. The molecule has 0 radical (unpaired) electrons. The molecule has 0 bridgehead atoms. The average Bonchev–Trinajstić information content (AvgIpc) is 2.89. The van der Waals surface area contributed by atoms with Gasteiger partial charge in [0.2, 0.25) is 0 Å². The van der Waals surface area contributed by atoms with E-state index in [0.717, 1.165) is 40.1 Å². The molecule has 0 spiro atoms. The molecule has 37 heavy (non-hydrogen) atoms. The Morgan fingerprint density at radius 3 is 2.62 bits per heavy atom. The van der Waals surface area contributed by atoms with Crippen LogP contribution in [0, 0.1) is 18.8 Å². The predicted octanol–water partition coefficient (Wildman–Crippen LogP) is 7.23. The second-order valence-electron chi connectivity index (χ2n) is 10.4. The smallest absolute Gasteiger partial charge is 0.265 e. The summed E-state index contributed by atoms with van der Waals surface area (Å²) in [5.41, 5.74) is 4.59. The molecule has 1 aliphatic carbocycles. The lowest BCUT2D eigenvalue weighted by Gasteiger charge is -2.35. The first kappa shape index (κ1) is 25.3. The molecule has 4 nitrogen and oxygen atoms in total. The number of carbonyl (C=O) groups is 2. The first-order valence-corrected chi connectivity index (χ1v) is 14.0. The zero-order chi connectivity index (χ0) is 25.9. The SMILES string of the molecule is Cc1cccc(CN2C(=O)/C(=C/c3ccccc3)Sc3ccc(C(=O)N[C@@H]4CCC[C@@H](C)[C@H]4C)cc32)c1. The summed E-state index contributed by atoms with van der Waals surface area (Å²) in [6.45, 7) is 7.01. The maximum Gasteiger partial charge on any atom is 0.265 e. The lowest BCUT2D eigenvalue weighted by Crippen LogP contribution is -2.43. The van der Waals surface area contributed by atoms with Gasteiger partial charge in [0.05, 0.1) is 17.1 Å². The first-order chi connectivity index (χ1) is 17.9. The van der Waals surface area contributed by atoms with Crippen LogP contribution in [-0.2, 0) is 11.3 Å². The maximum absolute atomic E-state index is 13.8. The summed E-state index contributed by atoms with van der Waals surface area (Å²) >= 11 is 1.47. The van der Waals surface area contributed by atoms with E-state index < -0.39 is 0 Å². The van der Waals surface area contributed by atoms with E-state index in [1.807, 2.05) is 71.6 Å². The van der Waals surface area contributed by atoms with Crippen LogP contribution in [0.15, 0.2) is 82.6 Å². The minimum Gasteiger partial charge on any atom is -0.349 e. The van der Waals surface area contributed by atoms with Crippen LogP contribution in [0.4, 0.5) is 5.69 Å². The molecule has 1 aliphatic heterocycles. The first-order valence-electron chi connectivity index (χ1n) is 13.2. The van der Waals surface area contributed by atoms with E-state index in [2.05, 4.69) is 38.2 Å². The van der Waals surface area contributed by atoms with Gasteiger partial charge < -0.3 is 10.2 Å². The van der Waals surface area contributed by atoms with E-state index in [4.69, 9.17) is 0 Å². The van der Waals surface area contributed by atoms with Crippen molar-refractivity contribution >= 4 is 35.3 Å². The highest BCUT2D eigenvalue weighted by molar-refractivity contribution is 8.04. The Morgan fingerprint density at radius 2 is 1.84 bits per heavy atom. The highest BCUT2D eigenvalue weighted by Crippen LogP contribution is 2.43. The highest BCUT2D eigenvalue weighted by Gasteiger charge is 2.32. The fraction of sp³-hybridized carbons (Fsp3) is 0.312. The quantitative estimate of drug-likeness (QED) is 0.368. The zero-order valence-electron chi connectivity index (χ0n) is 21.7. The van der Waals surface area contributed by atoms with Crippen molar-refractivity contribution in [1.82, 2.24) is 5.32 Å². The van der Waals surface area contributed by atoms with Crippen LogP contribution >= 0.6 is 11.8 Å². The topological polar surface area (TPSA) is 49.4 Å². The van der Waals surface area contributed by atoms with Crippen LogP contribution < -0.4 is 10.2 Å². The molecule has 1 heterocycles. The number of carbonyl (C=O) groups excluding carboxylic acids is 2. The van der Waals surface area contributed by atoms with E-state index in [0.29, 0.717) is 28.8 Å². The fourth-order valence-corrected chi connectivity index (χ4v) is 6.38. The molecule has 3 atom stereocenters. The monoisotopic (exact) mass is 510 g/mol. The number of amides is 2. The number of fused-ring (bicyclic) bond motifs is 1. The number of nitrogens with one attached hydrogen (secondary N) is 1. The van der Waals surface area contributed by atoms with Gasteiger partial charge in [0, 0.05) is 16.5 Å².